The SMILES string of the molecule is OCc1cc(OC(F)F)ccn1. The molecule has 0 amide bonds. The van der Waals surface area contributed by atoms with Gasteiger partial charge < -0.3 is 9.84 Å². The molecule has 0 saturated carbocycles. The first kappa shape index (κ1) is 8.86. The minimum absolute atomic E-state index is 0.00375. The maximum Gasteiger partial charge on any atom is 0.387 e. The van der Waals surface area contributed by atoms with Gasteiger partial charge in [0.25, 0.3) is 0 Å². The number of ether oxygens (including phenoxy) is 1. The van der Waals surface area contributed by atoms with Gasteiger partial charge >= 0.3 is 6.61 Å². The lowest BCUT2D eigenvalue weighted by molar-refractivity contribution is -0.0499. The molecule has 0 spiro atoms. The van der Waals surface area contributed by atoms with Crippen LogP contribution in [0.1, 0.15) is 5.69 Å². The summed E-state index contributed by atoms with van der Waals surface area (Å²) in [7, 11) is 0. The van der Waals surface area contributed by atoms with Crippen molar-refractivity contribution in [2.45, 2.75) is 13.2 Å². The molecule has 5 heteroatoms. The molecule has 66 valence electrons. The van der Waals surface area contributed by atoms with Gasteiger partial charge in [-0.1, -0.05) is 0 Å². The highest BCUT2D eigenvalue weighted by molar-refractivity contribution is 5.22. The summed E-state index contributed by atoms with van der Waals surface area (Å²) < 4.78 is 27.4. The summed E-state index contributed by atoms with van der Waals surface area (Å²) in [4.78, 5) is 3.69. The van der Waals surface area contributed by atoms with Crippen LogP contribution in [-0.2, 0) is 6.61 Å². The van der Waals surface area contributed by atoms with E-state index in [9.17, 15) is 8.78 Å². The van der Waals surface area contributed by atoms with Crippen LogP contribution in [0.3, 0.4) is 0 Å². The van der Waals surface area contributed by atoms with Gasteiger partial charge in [-0.05, 0) is 6.07 Å². The highest BCUT2D eigenvalue weighted by Crippen LogP contribution is 2.13. The summed E-state index contributed by atoms with van der Waals surface area (Å²) in [5.41, 5.74) is 0.299. The summed E-state index contributed by atoms with van der Waals surface area (Å²) in [6, 6.07) is 2.55. The van der Waals surface area contributed by atoms with Crippen molar-refractivity contribution >= 4 is 0 Å². The van der Waals surface area contributed by atoms with Crippen molar-refractivity contribution in [1.29, 1.82) is 0 Å². The summed E-state index contributed by atoms with van der Waals surface area (Å²) in [5, 5.41) is 8.59. The fourth-order valence-electron chi connectivity index (χ4n) is 0.719. The summed E-state index contributed by atoms with van der Waals surface area (Å²) in [6.45, 7) is -3.14. The molecular formula is C7H7F2NO2. The van der Waals surface area contributed by atoms with E-state index >= 15 is 0 Å². The largest absolute Gasteiger partial charge is 0.435 e. The second kappa shape index (κ2) is 3.96. The first-order valence-corrected chi connectivity index (χ1v) is 3.23. The van der Waals surface area contributed by atoms with E-state index in [-0.39, 0.29) is 12.4 Å². The molecule has 3 nitrogen and oxygen atoms in total. The topological polar surface area (TPSA) is 42.4 Å². The number of halogens is 2. The normalized spacial score (nSPS) is 10.3. The summed E-state index contributed by atoms with van der Waals surface area (Å²) in [5.74, 6) is 0.00375. The lowest BCUT2D eigenvalue weighted by Gasteiger charge is -2.03. The molecule has 0 aliphatic rings. The Balaban J connectivity index is 2.72. The van der Waals surface area contributed by atoms with Gasteiger partial charge in [0, 0.05) is 12.3 Å². The van der Waals surface area contributed by atoms with E-state index in [1.165, 1.54) is 18.3 Å². The number of hydrogen-bond acceptors (Lipinski definition) is 3. The van der Waals surface area contributed by atoms with Gasteiger partial charge in [-0.2, -0.15) is 8.78 Å². The van der Waals surface area contributed by atoms with Gasteiger partial charge in [0.1, 0.15) is 5.75 Å². The third-order valence-electron chi connectivity index (χ3n) is 1.18. The van der Waals surface area contributed by atoms with E-state index in [1.54, 1.807) is 0 Å². The van der Waals surface area contributed by atoms with E-state index in [4.69, 9.17) is 5.11 Å². The Kier molecular flexibility index (Phi) is 2.93. The second-order valence-electron chi connectivity index (χ2n) is 2.02. The minimum atomic E-state index is -2.85. The number of pyridine rings is 1. The average molecular weight is 175 g/mol. The molecule has 0 atom stereocenters. The van der Waals surface area contributed by atoms with Crippen LogP contribution in [0.5, 0.6) is 5.75 Å². The minimum Gasteiger partial charge on any atom is -0.435 e. The monoisotopic (exact) mass is 175 g/mol. The van der Waals surface area contributed by atoms with Gasteiger partial charge in [0.15, 0.2) is 0 Å². The lowest BCUT2D eigenvalue weighted by atomic mass is 10.3. The second-order valence-corrected chi connectivity index (χ2v) is 2.02. The molecule has 1 heterocycles. The van der Waals surface area contributed by atoms with Crippen LogP contribution in [-0.4, -0.2) is 16.7 Å². The van der Waals surface area contributed by atoms with Crippen LogP contribution in [0.2, 0.25) is 0 Å². The van der Waals surface area contributed by atoms with Crippen LogP contribution >= 0.6 is 0 Å². The molecule has 1 aromatic rings. The van der Waals surface area contributed by atoms with Crippen molar-refractivity contribution in [1.82, 2.24) is 4.98 Å². The molecule has 0 saturated heterocycles. The lowest BCUT2D eigenvalue weighted by Crippen LogP contribution is -2.02. The zero-order valence-electron chi connectivity index (χ0n) is 6.08. The highest BCUT2D eigenvalue weighted by atomic mass is 19.3. The van der Waals surface area contributed by atoms with Crippen LogP contribution in [0.15, 0.2) is 18.3 Å². The average Bonchev–Trinajstić information content (AvgIpc) is 2.03. The Hall–Kier alpha value is -1.23. The fourth-order valence-corrected chi connectivity index (χ4v) is 0.719. The third kappa shape index (κ3) is 2.43. The van der Waals surface area contributed by atoms with Gasteiger partial charge in [-0.15, -0.1) is 0 Å². The quantitative estimate of drug-likeness (QED) is 0.749. The van der Waals surface area contributed by atoms with Crippen molar-refractivity contribution in [3.05, 3.63) is 24.0 Å². The molecule has 1 rings (SSSR count). The third-order valence-corrected chi connectivity index (χ3v) is 1.18. The Labute approximate surface area is 67.6 Å². The van der Waals surface area contributed by atoms with Crippen molar-refractivity contribution in [3.8, 4) is 5.75 Å². The van der Waals surface area contributed by atoms with Crippen LogP contribution in [0.25, 0.3) is 0 Å². The molecule has 0 aliphatic heterocycles. The van der Waals surface area contributed by atoms with Crippen molar-refractivity contribution in [2.24, 2.45) is 0 Å². The molecule has 0 radical (unpaired) electrons. The van der Waals surface area contributed by atoms with E-state index < -0.39 is 6.61 Å². The molecular weight excluding hydrogens is 168 g/mol. The van der Waals surface area contributed by atoms with Crippen LogP contribution in [0, 0.1) is 0 Å². The van der Waals surface area contributed by atoms with E-state index in [0.717, 1.165) is 0 Å². The molecule has 0 aromatic carbocycles. The van der Waals surface area contributed by atoms with Crippen molar-refractivity contribution in [2.75, 3.05) is 0 Å². The molecule has 0 aliphatic carbocycles. The summed E-state index contributed by atoms with van der Waals surface area (Å²) in [6.07, 6.45) is 1.29. The van der Waals surface area contributed by atoms with Crippen LogP contribution in [0.4, 0.5) is 8.78 Å². The number of aliphatic hydroxyl groups is 1. The van der Waals surface area contributed by atoms with E-state index in [2.05, 4.69) is 9.72 Å². The van der Waals surface area contributed by atoms with Crippen molar-refractivity contribution in [3.63, 3.8) is 0 Å². The molecule has 1 aromatic heterocycles. The number of hydrogen-bond donors (Lipinski definition) is 1. The van der Waals surface area contributed by atoms with Crippen molar-refractivity contribution < 1.29 is 18.6 Å². The van der Waals surface area contributed by atoms with Gasteiger partial charge in [-0.25, -0.2) is 0 Å². The maximum atomic E-state index is 11.7. The Morgan fingerprint density at radius 2 is 2.33 bits per heavy atom. The predicted octanol–water partition coefficient (Wildman–Crippen LogP) is 1.18. The smallest absolute Gasteiger partial charge is 0.387 e. The van der Waals surface area contributed by atoms with Gasteiger partial charge in [0.05, 0.1) is 12.3 Å². The Morgan fingerprint density at radius 1 is 1.58 bits per heavy atom. The highest BCUT2D eigenvalue weighted by Gasteiger charge is 2.04. The first-order valence-electron chi connectivity index (χ1n) is 3.23. The fraction of sp³-hybridized carbons (Fsp3) is 0.286. The number of aromatic nitrogens is 1. The van der Waals surface area contributed by atoms with Gasteiger partial charge in [-0.3, -0.25) is 4.98 Å². The molecule has 0 unspecified atom stereocenters. The number of rotatable bonds is 3. The zero-order chi connectivity index (χ0) is 8.97. The number of alkyl halides is 2. The van der Waals surface area contributed by atoms with Crippen LogP contribution < -0.4 is 4.74 Å². The first-order chi connectivity index (χ1) is 5.72. The van der Waals surface area contributed by atoms with E-state index in [1.807, 2.05) is 0 Å². The zero-order valence-corrected chi connectivity index (χ0v) is 6.08. The maximum absolute atomic E-state index is 11.7. The molecule has 0 bridgehead atoms. The molecule has 12 heavy (non-hydrogen) atoms. The Bertz CT molecular complexity index is 255. The predicted molar refractivity (Wildman–Crippen MR) is 36.8 cm³/mol. The van der Waals surface area contributed by atoms with Gasteiger partial charge in [0.2, 0.25) is 0 Å². The van der Waals surface area contributed by atoms with E-state index in [0.29, 0.717) is 5.69 Å². The summed E-state index contributed by atoms with van der Waals surface area (Å²) >= 11 is 0. The number of aliphatic hydroxyl groups excluding tert-OH is 1. The molecule has 1 N–H and O–H groups in total. The molecule has 0 fully saturated rings. The Morgan fingerprint density at radius 3 is 2.92 bits per heavy atom. The standard InChI is InChI=1S/C7H7F2NO2/c8-7(9)12-6-1-2-10-5(3-6)4-11/h1-3,7,11H,4H2. The number of nitrogens with zero attached hydrogens (tertiary/aromatic N) is 1.